The fraction of sp³-hybridized carbons (Fsp3) is 0.600. The molecule has 0 unspecified atom stereocenters. The lowest BCUT2D eigenvalue weighted by atomic mass is 10.8. The molecule has 0 atom stereocenters. The van der Waals surface area contributed by atoms with Gasteiger partial charge in [-0.3, -0.25) is 10.3 Å². The molecule has 0 rings (SSSR count). The van der Waals surface area contributed by atoms with Gasteiger partial charge in [-0.05, 0) is 0 Å². The van der Waals surface area contributed by atoms with Gasteiger partial charge < -0.3 is 5.11 Å². The molecule has 0 aliphatic heterocycles. The van der Waals surface area contributed by atoms with Gasteiger partial charge in [0.25, 0.3) is 0 Å². The fourth-order valence-electron chi connectivity index (χ4n) is 0.389. The van der Waals surface area contributed by atoms with E-state index in [1.807, 2.05) is 5.48 Å². The van der Waals surface area contributed by atoms with Crippen LogP contribution >= 0.6 is 0 Å². The van der Waals surface area contributed by atoms with Crippen LogP contribution in [0.3, 0.4) is 0 Å². The fourth-order valence-corrected chi connectivity index (χ4v) is 0.389. The molecule has 0 heterocycles. The van der Waals surface area contributed by atoms with Gasteiger partial charge in [0.2, 0.25) is 0 Å². The number of hydrogen-bond donors (Lipinski definition) is 3. The average molecular weight is 177 g/mol. The van der Waals surface area contributed by atoms with Crippen molar-refractivity contribution in [2.24, 2.45) is 0 Å². The van der Waals surface area contributed by atoms with E-state index < -0.39 is 18.6 Å². The van der Waals surface area contributed by atoms with Gasteiger partial charge in [-0.15, -0.1) is 0 Å². The standard InChI is InChI=1S/C5H11N3O4/c1-8(2)6-5(11)7-12-3-4(9)10/h3H2,1-2H3,(H,9,10)(H2,6,7,11). The Kier molecular flexibility index (Phi) is 4.73. The Labute approximate surface area is 69.2 Å². The molecule has 0 saturated heterocycles. The molecule has 2 amide bonds. The molecule has 0 saturated carbocycles. The van der Waals surface area contributed by atoms with Crippen LogP contribution in [0.25, 0.3) is 0 Å². The maximum absolute atomic E-state index is 10.7. The second-order valence-corrected chi connectivity index (χ2v) is 2.12. The molecule has 3 N–H and O–H groups in total. The predicted molar refractivity (Wildman–Crippen MR) is 38.9 cm³/mol. The van der Waals surface area contributed by atoms with Gasteiger partial charge in [-0.25, -0.2) is 20.1 Å². The molecule has 7 nitrogen and oxygen atoms in total. The van der Waals surface area contributed by atoms with Gasteiger partial charge in [0, 0.05) is 14.1 Å². The van der Waals surface area contributed by atoms with E-state index in [-0.39, 0.29) is 0 Å². The van der Waals surface area contributed by atoms with Gasteiger partial charge in [0.05, 0.1) is 0 Å². The average Bonchev–Trinajstić information content (AvgIpc) is 1.84. The van der Waals surface area contributed by atoms with E-state index >= 15 is 0 Å². The molecule has 0 spiro atoms. The lowest BCUT2D eigenvalue weighted by molar-refractivity contribution is -0.144. The number of carbonyl (C=O) groups is 2. The number of hydroxylamine groups is 1. The SMILES string of the molecule is CN(C)NC(=O)NOCC(=O)O. The summed E-state index contributed by atoms with van der Waals surface area (Å²) in [5, 5.41) is 9.49. The summed E-state index contributed by atoms with van der Waals surface area (Å²) in [7, 11) is 3.22. The van der Waals surface area contributed by atoms with Gasteiger partial charge in [-0.2, -0.15) is 0 Å². The second-order valence-electron chi connectivity index (χ2n) is 2.12. The highest BCUT2D eigenvalue weighted by Crippen LogP contribution is 1.70. The van der Waals surface area contributed by atoms with Crippen LogP contribution in [0.1, 0.15) is 0 Å². The van der Waals surface area contributed by atoms with Crippen LogP contribution in [-0.4, -0.2) is 42.8 Å². The predicted octanol–water partition coefficient (Wildman–Crippen LogP) is -1.22. The molecule has 0 fully saturated rings. The Morgan fingerprint density at radius 3 is 2.50 bits per heavy atom. The van der Waals surface area contributed by atoms with Crippen molar-refractivity contribution >= 4 is 12.0 Å². The van der Waals surface area contributed by atoms with Crippen LogP contribution in [0.2, 0.25) is 0 Å². The number of carboxylic acids is 1. The third-order valence-electron chi connectivity index (χ3n) is 0.686. The Hall–Kier alpha value is -1.34. The van der Waals surface area contributed by atoms with Crippen LogP contribution in [0, 0.1) is 0 Å². The first-order valence-corrected chi connectivity index (χ1v) is 3.10. The Morgan fingerprint density at radius 2 is 2.08 bits per heavy atom. The molecule has 0 radical (unpaired) electrons. The largest absolute Gasteiger partial charge is 0.479 e. The molecule has 0 aliphatic rings. The maximum Gasteiger partial charge on any atom is 0.353 e. The number of carboxylic acid groups (broad SMARTS) is 1. The van der Waals surface area contributed by atoms with E-state index in [2.05, 4.69) is 10.3 Å². The number of nitrogens with one attached hydrogen (secondary N) is 2. The minimum absolute atomic E-state index is 0.569. The molecular weight excluding hydrogens is 166 g/mol. The van der Waals surface area contributed by atoms with Crippen LogP contribution in [0.4, 0.5) is 4.79 Å². The molecule has 0 aromatic carbocycles. The summed E-state index contributed by atoms with van der Waals surface area (Å²) in [6.45, 7) is -0.569. The highest BCUT2D eigenvalue weighted by atomic mass is 16.7. The third kappa shape index (κ3) is 6.78. The molecule has 0 aliphatic carbocycles. The lowest BCUT2D eigenvalue weighted by Gasteiger charge is -2.11. The van der Waals surface area contributed by atoms with E-state index in [0.717, 1.165) is 0 Å². The zero-order valence-corrected chi connectivity index (χ0v) is 6.83. The van der Waals surface area contributed by atoms with E-state index in [4.69, 9.17) is 5.11 Å². The van der Waals surface area contributed by atoms with E-state index in [9.17, 15) is 9.59 Å². The number of urea groups is 1. The number of hydrazine groups is 1. The molecule has 7 heteroatoms. The topological polar surface area (TPSA) is 90.9 Å². The van der Waals surface area contributed by atoms with Crippen molar-refractivity contribution in [1.29, 1.82) is 0 Å². The van der Waals surface area contributed by atoms with Crippen molar-refractivity contribution in [3.8, 4) is 0 Å². The summed E-state index contributed by atoms with van der Waals surface area (Å²) in [6.07, 6.45) is 0. The highest BCUT2D eigenvalue weighted by Gasteiger charge is 2.01. The summed E-state index contributed by atoms with van der Waals surface area (Å²) >= 11 is 0. The van der Waals surface area contributed by atoms with Gasteiger partial charge >= 0.3 is 12.0 Å². The van der Waals surface area contributed by atoms with Crippen molar-refractivity contribution in [3.63, 3.8) is 0 Å². The van der Waals surface area contributed by atoms with Crippen LogP contribution in [0.5, 0.6) is 0 Å². The van der Waals surface area contributed by atoms with Gasteiger partial charge in [-0.1, -0.05) is 0 Å². The smallest absolute Gasteiger partial charge is 0.353 e. The molecular formula is C5H11N3O4. The first-order valence-electron chi connectivity index (χ1n) is 3.10. The molecule has 0 aromatic rings. The molecule has 0 bridgehead atoms. The van der Waals surface area contributed by atoms with Crippen LogP contribution in [0.15, 0.2) is 0 Å². The van der Waals surface area contributed by atoms with Crippen molar-refractivity contribution in [1.82, 2.24) is 15.9 Å². The second kappa shape index (κ2) is 5.33. The van der Waals surface area contributed by atoms with Crippen molar-refractivity contribution in [2.45, 2.75) is 0 Å². The first-order chi connectivity index (χ1) is 5.52. The number of aliphatic carboxylic acids is 1. The maximum atomic E-state index is 10.7. The minimum Gasteiger partial charge on any atom is -0.479 e. The van der Waals surface area contributed by atoms with Crippen LogP contribution in [-0.2, 0) is 9.63 Å². The van der Waals surface area contributed by atoms with Crippen molar-refractivity contribution < 1.29 is 19.5 Å². The van der Waals surface area contributed by atoms with Crippen LogP contribution < -0.4 is 10.9 Å². The quantitative estimate of drug-likeness (QED) is 0.468. The first kappa shape index (κ1) is 10.7. The van der Waals surface area contributed by atoms with Crippen molar-refractivity contribution in [3.05, 3.63) is 0 Å². The Bertz CT molecular complexity index is 170. The van der Waals surface area contributed by atoms with Crippen molar-refractivity contribution in [2.75, 3.05) is 20.7 Å². The summed E-state index contributed by atoms with van der Waals surface area (Å²) in [4.78, 5) is 24.8. The van der Waals surface area contributed by atoms with E-state index in [1.165, 1.54) is 5.01 Å². The highest BCUT2D eigenvalue weighted by molar-refractivity contribution is 5.72. The summed E-state index contributed by atoms with van der Waals surface area (Å²) in [5.41, 5.74) is 4.15. The number of rotatable bonds is 4. The third-order valence-corrected chi connectivity index (χ3v) is 0.686. The normalized spacial score (nSPS) is 9.58. The summed E-state index contributed by atoms with van der Waals surface area (Å²) < 4.78 is 0. The summed E-state index contributed by atoms with van der Waals surface area (Å²) in [6, 6.07) is -0.624. The molecule has 0 aromatic heterocycles. The molecule has 12 heavy (non-hydrogen) atoms. The number of hydrogen-bond acceptors (Lipinski definition) is 4. The lowest BCUT2D eigenvalue weighted by Crippen LogP contribution is -2.43. The number of nitrogens with zero attached hydrogens (tertiary/aromatic N) is 1. The number of amides is 2. The summed E-state index contributed by atoms with van der Waals surface area (Å²) in [5.74, 6) is -1.15. The van der Waals surface area contributed by atoms with Gasteiger partial charge in [0.15, 0.2) is 6.61 Å². The number of carbonyl (C=O) groups excluding carboxylic acids is 1. The van der Waals surface area contributed by atoms with Gasteiger partial charge in [0.1, 0.15) is 0 Å². The van der Waals surface area contributed by atoms with E-state index in [1.54, 1.807) is 14.1 Å². The Balaban J connectivity index is 3.38. The Morgan fingerprint density at radius 1 is 1.50 bits per heavy atom. The molecule has 70 valence electrons. The monoisotopic (exact) mass is 177 g/mol. The zero-order chi connectivity index (χ0) is 9.56. The minimum atomic E-state index is -1.15. The zero-order valence-electron chi connectivity index (χ0n) is 6.83. The van der Waals surface area contributed by atoms with E-state index in [0.29, 0.717) is 0 Å².